The number of hydrogen-bond acceptors (Lipinski definition) is 6. The van der Waals surface area contributed by atoms with Crippen molar-refractivity contribution in [2.45, 2.75) is 258 Å². The summed E-state index contributed by atoms with van der Waals surface area (Å²) in [4.78, 5) is 38.1. The van der Waals surface area contributed by atoms with Crippen molar-refractivity contribution in [1.82, 2.24) is 0 Å². The maximum atomic E-state index is 12.8. The minimum atomic E-state index is -0.843. The zero-order valence-corrected chi connectivity index (χ0v) is 45.9. The first-order chi connectivity index (χ1) is 35.0. The number of carbonyl (C=O) groups is 3. The molecular weight excluding hydrogens is 877 g/mol. The lowest BCUT2D eigenvalue weighted by Crippen LogP contribution is -2.30. The monoisotopic (exact) mass is 983 g/mol. The SMILES string of the molecule is CC/C=C\C/C=C\C/C=C\C/C=C\C/C=C\CC(=O)OC(COC(=O)CCCCCCC/C=C\C/C=C\CCC)COC(=O)CCCCCCCCCCCC/C=C\C/C=C\C/C=C\CCCCCCC. The second-order valence-electron chi connectivity index (χ2n) is 18.8. The van der Waals surface area contributed by atoms with Crippen LogP contribution < -0.4 is 0 Å². The first-order valence-electron chi connectivity index (χ1n) is 29.0. The molecule has 0 aromatic carbocycles. The Bertz CT molecular complexity index is 1500. The van der Waals surface area contributed by atoms with E-state index < -0.39 is 12.1 Å². The van der Waals surface area contributed by atoms with Crippen molar-refractivity contribution < 1.29 is 28.6 Å². The van der Waals surface area contributed by atoms with Gasteiger partial charge in [0.05, 0.1) is 6.42 Å². The molecule has 0 saturated carbocycles. The van der Waals surface area contributed by atoms with Crippen LogP contribution in [0.15, 0.2) is 122 Å². The number of hydrogen-bond donors (Lipinski definition) is 0. The number of esters is 3. The smallest absolute Gasteiger partial charge is 0.310 e. The zero-order valence-electron chi connectivity index (χ0n) is 45.9. The molecule has 0 N–H and O–H groups in total. The van der Waals surface area contributed by atoms with Gasteiger partial charge < -0.3 is 14.2 Å². The Balaban J connectivity index is 4.41. The van der Waals surface area contributed by atoms with E-state index in [0.717, 1.165) is 109 Å². The van der Waals surface area contributed by atoms with Crippen LogP contribution in [0, 0.1) is 0 Å². The summed E-state index contributed by atoms with van der Waals surface area (Å²) in [5.74, 6) is -1.08. The predicted molar refractivity (Wildman–Crippen MR) is 306 cm³/mol. The van der Waals surface area contributed by atoms with Crippen LogP contribution in [0.25, 0.3) is 0 Å². The molecule has 1 unspecified atom stereocenters. The lowest BCUT2D eigenvalue weighted by molar-refractivity contribution is -0.166. The summed E-state index contributed by atoms with van der Waals surface area (Å²) < 4.78 is 16.7. The molecule has 0 heterocycles. The molecule has 6 nitrogen and oxygen atoms in total. The number of rotatable bonds is 51. The van der Waals surface area contributed by atoms with Crippen LogP contribution in [0.2, 0.25) is 0 Å². The molecule has 402 valence electrons. The van der Waals surface area contributed by atoms with E-state index in [1.54, 1.807) is 6.08 Å². The predicted octanol–water partition coefficient (Wildman–Crippen LogP) is 19.6. The van der Waals surface area contributed by atoms with Crippen LogP contribution >= 0.6 is 0 Å². The normalized spacial score (nSPS) is 13.0. The van der Waals surface area contributed by atoms with Crippen LogP contribution in [0.4, 0.5) is 0 Å². The van der Waals surface area contributed by atoms with Gasteiger partial charge in [0.1, 0.15) is 13.2 Å². The highest BCUT2D eigenvalue weighted by molar-refractivity contribution is 5.72. The molecule has 0 aromatic rings. The molecule has 0 saturated heterocycles. The fraction of sp³-hybridized carbons (Fsp3) is 0.646. The van der Waals surface area contributed by atoms with E-state index in [1.807, 2.05) is 6.08 Å². The second kappa shape index (κ2) is 58.4. The third kappa shape index (κ3) is 56.6. The van der Waals surface area contributed by atoms with E-state index in [9.17, 15) is 14.4 Å². The first-order valence-corrected chi connectivity index (χ1v) is 29.0. The third-order valence-electron chi connectivity index (χ3n) is 11.9. The van der Waals surface area contributed by atoms with Crippen LogP contribution in [0.3, 0.4) is 0 Å². The molecule has 0 radical (unpaired) electrons. The fourth-order valence-corrected chi connectivity index (χ4v) is 7.62. The Morgan fingerprint density at radius 2 is 0.620 bits per heavy atom. The van der Waals surface area contributed by atoms with Gasteiger partial charge in [-0.3, -0.25) is 14.4 Å². The van der Waals surface area contributed by atoms with E-state index in [0.29, 0.717) is 19.3 Å². The molecule has 0 aliphatic carbocycles. The highest BCUT2D eigenvalue weighted by atomic mass is 16.6. The maximum absolute atomic E-state index is 12.8. The number of carbonyl (C=O) groups excluding carboxylic acids is 3. The van der Waals surface area contributed by atoms with Crippen LogP contribution in [0.1, 0.15) is 252 Å². The summed E-state index contributed by atoms with van der Waals surface area (Å²) in [6, 6.07) is 0. The van der Waals surface area contributed by atoms with Gasteiger partial charge in [0.15, 0.2) is 6.10 Å². The van der Waals surface area contributed by atoms with Gasteiger partial charge in [-0.25, -0.2) is 0 Å². The summed E-state index contributed by atoms with van der Waals surface area (Å²) >= 11 is 0. The molecule has 6 heteroatoms. The summed E-state index contributed by atoms with van der Waals surface area (Å²) in [5.41, 5.74) is 0. The quantitative estimate of drug-likeness (QED) is 0.0261. The van der Waals surface area contributed by atoms with Gasteiger partial charge in [-0.05, 0) is 109 Å². The van der Waals surface area contributed by atoms with Gasteiger partial charge >= 0.3 is 17.9 Å². The molecule has 0 fully saturated rings. The topological polar surface area (TPSA) is 78.9 Å². The van der Waals surface area contributed by atoms with Crippen LogP contribution in [-0.4, -0.2) is 37.2 Å². The minimum Gasteiger partial charge on any atom is -0.462 e. The Morgan fingerprint density at radius 1 is 0.310 bits per heavy atom. The van der Waals surface area contributed by atoms with Crippen molar-refractivity contribution in [2.24, 2.45) is 0 Å². The molecule has 0 rings (SSSR count). The van der Waals surface area contributed by atoms with Gasteiger partial charge in [0.2, 0.25) is 0 Å². The fourth-order valence-electron chi connectivity index (χ4n) is 7.62. The maximum Gasteiger partial charge on any atom is 0.310 e. The van der Waals surface area contributed by atoms with Crippen LogP contribution in [0.5, 0.6) is 0 Å². The lowest BCUT2D eigenvalue weighted by atomic mass is 10.1. The molecule has 0 aliphatic rings. The van der Waals surface area contributed by atoms with Gasteiger partial charge in [-0.2, -0.15) is 0 Å². The largest absolute Gasteiger partial charge is 0.462 e. The Kier molecular flexibility index (Phi) is 54.9. The van der Waals surface area contributed by atoms with Crippen molar-refractivity contribution in [2.75, 3.05) is 13.2 Å². The second-order valence-corrected chi connectivity index (χ2v) is 18.8. The van der Waals surface area contributed by atoms with Crippen molar-refractivity contribution in [3.8, 4) is 0 Å². The standard InChI is InChI=1S/C65H106O6/c1-4-7-10-13-16-19-22-25-27-28-29-30-31-32-33-34-35-36-38-40-43-46-49-52-55-58-64(67)70-61-62(60-69-63(66)57-54-51-48-45-42-39-24-21-18-15-12-9-6-3)71-65(68)59-56-53-50-47-44-41-37-26-23-20-17-14-11-8-5-2/h8,11-12,15,17,20-22,24-26,28-29,31-32,37,44,47,53,56,62H,4-7,9-10,13-14,16,18-19,23,27,30,33-36,38-43,45-46,48-52,54-55,57-61H2,1-3H3/b11-8-,15-12-,20-17-,24-21-,25-22-,29-28-,32-31-,37-26-,47-44-,56-53-. The summed E-state index contributed by atoms with van der Waals surface area (Å²) in [6.45, 7) is 6.34. The Hall–Kier alpha value is -4.19. The molecule has 0 bridgehead atoms. The molecule has 1 atom stereocenters. The van der Waals surface area contributed by atoms with E-state index in [2.05, 4.69) is 130 Å². The van der Waals surface area contributed by atoms with Gasteiger partial charge in [0.25, 0.3) is 0 Å². The summed E-state index contributed by atoms with van der Waals surface area (Å²) in [7, 11) is 0. The van der Waals surface area contributed by atoms with E-state index in [1.165, 1.54) is 96.3 Å². The average Bonchev–Trinajstić information content (AvgIpc) is 3.37. The highest BCUT2D eigenvalue weighted by Gasteiger charge is 2.19. The van der Waals surface area contributed by atoms with Crippen molar-refractivity contribution in [3.63, 3.8) is 0 Å². The Morgan fingerprint density at radius 3 is 0.986 bits per heavy atom. The zero-order chi connectivity index (χ0) is 51.4. The molecule has 0 spiro atoms. The van der Waals surface area contributed by atoms with Crippen LogP contribution in [-0.2, 0) is 28.6 Å². The number of allylic oxidation sites excluding steroid dienone is 19. The summed E-state index contributed by atoms with van der Waals surface area (Å²) in [5, 5.41) is 0. The van der Waals surface area contributed by atoms with E-state index in [-0.39, 0.29) is 31.6 Å². The minimum absolute atomic E-state index is 0.0889. The molecule has 0 aliphatic heterocycles. The van der Waals surface area contributed by atoms with E-state index >= 15 is 0 Å². The third-order valence-corrected chi connectivity index (χ3v) is 11.9. The van der Waals surface area contributed by atoms with Crippen molar-refractivity contribution >= 4 is 17.9 Å². The van der Waals surface area contributed by atoms with Crippen molar-refractivity contribution in [3.05, 3.63) is 122 Å². The molecular formula is C65H106O6. The lowest BCUT2D eigenvalue weighted by Gasteiger charge is -2.18. The molecule has 0 amide bonds. The number of unbranched alkanes of at least 4 members (excludes halogenated alkanes) is 21. The average molecular weight is 984 g/mol. The molecule has 71 heavy (non-hydrogen) atoms. The molecule has 0 aromatic heterocycles. The highest BCUT2D eigenvalue weighted by Crippen LogP contribution is 2.14. The van der Waals surface area contributed by atoms with Crippen molar-refractivity contribution in [1.29, 1.82) is 0 Å². The number of ether oxygens (including phenoxy) is 3. The Labute approximate surface area is 437 Å². The van der Waals surface area contributed by atoms with Gasteiger partial charge in [-0.1, -0.05) is 245 Å². The van der Waals surface area contributed by atoms with E-state index in [4.69, 9.17) is 14.2 Å². The van der Waals surface area contributed by atoms with Gasteiger partial charge in [-0.15, -0.1) is 0 Å². The van der Waals surface area contributed by atoms with Gasteiger partial charge in [0, 0.05) is 12.8 Å². The summed E-state index contributed by atoms with van der Waals surface area (Å²) in [6.07, 6.45) is 80.8. The first kappa shape index (κ1) is 66.8.